The van der Waals surface area contributed by atoms with Crippen molar-refractivity contribution in [1.29, 1.82) is 0 Å². The Bertz CT molecular complexity index is 671. The predicted octanol–water partition coefficient (Wildman–Crippen LogP) is 2.29. The van der Waals surface area contributed by atoms with Crippen molar-refractivity contribution >= 4 is 28.8 Å². The van der Waals surface area contributed by atoms with Crippen LogP contribution < -0.4 is 5.32 Å². The molecule has 1 rings (SSSR count). The van der Waals surface area contributed by atoms with Gasteiger partial charge in [-0.05, 0) is 13.8 Å². The minimum absolute atomic E-state index is 0.0700. The number of amides is 1. The van der Waals surface area contributed by atoms with Gasteiger partial charge in [-0.25, -0.2) is 4.79 Å². The quantitative estimate of drug-likeness (QED) is 0.637. The summed E-state index contributed by atoms with van der Waals surface area (Å²) in [5.41, 5.74) is -3.90. The van der Waals surface area contributed by atoms with Crippen molar-refractivity contribution in [2.75, 3.05) is 11.9 Å². The van der Waals surface area contributed by atoms with E-state index in [2.05, 4.69) is 4.74 Å². The molecule has 0 saturated heterocycles. The van der Waals surface area contributed by atoms with Gasteiger partial charge in [0, 0.05) is 0 Å². The first-order valence-corrected chi connectivity index (χ1v) is 5.75. The highest BCUT2D eigenvalue weighted by Gasteiger charge is 2.35. The first kappa shape index (κ1) is 16.7. The molecule has 0 saturated carbocycles. The molecule has 118 valence electrons. The highest BCUT2D eigenvalue weighted by atomic mass is 16.6. The van der Waals surface area contributed by atoms with Crippen LogP contribution in [0.15, 0.2) is 6.07 Å². The van der Waals surface area contributed by atoms with Crippen LogP contribution in [0.2, 0.25) is 0 Å². The number of carbonyl (C=O) groups is 1. The molecule has 0 spiro atoms. The lowest BCUT2D eigenvalue weighted by Gasteiger charge is -2.08. The van der Waals surface area contributed by atoms with Crippen molar-refractivity contribution in [3.63, 3.8) is 0 Å². The molecule has 0 bridgehead atoms. The SMILES string of the molecule is CCOC(=O)Nc1c([N+](=O)[O-])cc([N+](=O)[O-])c(C)c1[N+](=O)[O-]. The molecule has 0 aliphatic heterocycles. The Morgan fingerprint density at radius 2 is 1.68 bits per heavy atom. The summed E-state index contributed by atoms with van der Waals surface area (Å²) in [4.78, 5) is 41.2. The second-order valence-corrected chi connectivity index (χ2v) is 3.88. The molecule has 1 aromatic carbocycles. The van der Waals surface area contributed by atoms with Gasteiger partial charge in [-0.1, -0.05) is 0 Å². The number of nitrogens with zero attached hydrogens (tertiary/aromatic N) is 3. The lowest BCUT2D eigenvalue weighted by Crippen LogP contribution is -2.16. The van der Waals surface area contributed by atoms with Crippen LogP contribution in [0.3, 0.4) is 0 Å². The van der Waals surface area contributed by atoms with E-state index < -0.39 is 49.2 Å². The highest BCUT2D eigenvalue weighted by Crippen LogP contribution is 2.42. The molecule has 0 aromatic heterocycles. The van der Waals surface area contributed by atoms with Gasteiger partial charge in [0.2, 0.25) is 5.69 Å². The Hall–Kier alpha value is -3.31. The fraction of sp³-hybridized carbons (Fsp3) is 0.300. The molecule has 0 aliphatic rings. The van der Waals surface area contributed by atoms with E-state index in [9.17, 15) is 35.1 Å². The van der Waals surface area contributed by atoms with E-state index in [1.54, 1.807) is 0 Å². The fourth-order valence-electron chi connectivity index (χ4n) is 1.69. The second kappa shape index (κ2) is 6.43. The van der Waals surface area contributed by atoms with Gasteiger partial charge in [0.05, 0.1) is 27.4 Å². The van der Waals surface area contributed by atoms with Crippen LogP contribution >= 0.6 is 0 Å². The predicted molar refractivity (Wildman–Crippen MR) is 71.8 cm³/mol. The van der Waals surface area contributed by atoms with Gasteiger partial charge < -0.3 is 4.74 Å². The molecule has 1 aromatic rings. The molecule has 0 aliphatic carbocycles. The Labute approximate surface area is 122 Å². The van der Waals surface area contributed by atoms with E-state index in [1.807, 2.05) is 5.32 Å². The van der Waals surface area contributed by atoms with Crippen LogP contribution in [-0.4, -0.2) is 27.5 Å². The number of hydrogen-bond acceptors (Lipinski definition) is 8. The van der Waals surface area contributed by atoms with Crippen LogP contribution in [0.4, 0.5) is 27.5 Å². The number of nitro groups is 3. The summed E-state index contributed by atoms with van der Waals surface area (Å²) in [6, 6.07) is 0.546. The second-order valence-electron chi connectivity index (χ2n) is 3.88. The third kappa shape index (κ3) is 3.23. The van der Waals surface area contributed by atoms with Crippen LogP contribution in [0.5, 0.6) is 0 Å². The number of benzene rings is 1. The summed E-state index contributed by atoms with van der Waals surface area (Å²) in [6.07, 6.45) is -1.15. The maximum atomic E-state index is 11.4. The fourth-order valence-corrected chi connectivity index (χ4v) is 1.69. The van der Waals surface area contributed by atoms with E-state index in [-0.39, 0.29) is 6.61 Å². The van der Waals surface area contributed by atoms with E-state index in [4.69, 9.17) is 0 Å². The number of nitrogens with one attached hydrogen (secondary N) is 1. The average Bonchev–Trinajstić information content (AvgIpc) is 2.37. The molecule has 22 heavy (non-hydrogen) atoms. The van der Waals surface area contributed by atoms with Crippen molar-refractivity contribution < 1.29 is 24.3 Å². The standard InChI is InChI=1S/C10H10N4O8/c1-3-22-10(15)11-8-7(13(18)19)4-6(12(16)17)5(2)9(8)14(20)21/h4H,3H2,1-2H3,(H,11,15). The van der Waals surface area contributed by atoms with Crippen LogP contribution in [0.25, 0.3) is 0 Å². The van der Waals surface area contributed by atoms with Gasteiger partial charge in [0.15, 0.2) is 0 Å². The lowest BCUT2D eigenvalue weighted by atomic mass is 10.1. The molecule has 1 N–H and O–H groups in total. The molecular formula is C10H10N4O8. The molecule has 12 heteroatoms. The van der Waals surface area contributed by atoms with Crippen molar-refractivity contribution in [2.24, 2.45) is 0 Å². The highest BCUT2D eigenvalue weighted by molar-refractivity contribution is 5.94. The van der Waals surface area contributed by atoms with Crippen molar-refractivity contribution in [2.45, 2.75) is 13.8 Å². The van der Waals surface area contributed by atoms with E-state index in [1.165, 1.54) is 6.92 Å². The Kier molecular flexibility index (Phi) is 4.89. The molecule has 1 amide bonds. The zero-order valence-corrected chi connectivity index (χ0v) is 11.4. The number of hydrogen-bond donors (Lipinski definition) is 1. The maximum absolute atomic E-state index is 11.4. The molecular weight excluding hydrogens is 304 g/mol. The summed E-state index contributed by atoms with van der Waals surface area (Å²) < 4.78 is 4.50. The van der Waals surface area contributed by atoms with Gasteiger partial charge in [-0.2, -0.15) is 0 Å². The molecule has 0 heterocycles. The van der Waals surface area contributed by atoms with Gasteiger partial charge in [0.1, 0.15) is 5.56 Å². The van der Waals surface area contributed by atoms with Crippen LogP contribution in [0.1, 0.15) is 12.5 Å². The third-order valence-electron chi connectivity index (χ3n) is 2.58. The van der Waals surface area contributed by atoms with E-state index in [0.717, 1.165) is 6.92 Å². The first-order chi connectivity index (χ1) is 10.2. The van der Waals surface area contributed by atoms with Crippen molar-refractivity contribution in [3.8, 4) is 0 Å². The minimum atomic E-state index is -1.15. The monoisotopic (exact) mass is 314 g/mol. The Balaban J connectivity index is 3.66. The smallest absolute Gasteiger partial charge is 0.412 e. The van der Waals surface area contributed by atoms with Gasteiger partial charge in [-0.3, -0.25) is 35.7 Å². The van der Waals surface area contributed by atoms with E-state index >= 15 is 0 Å². The van der Waals surface area contributed by atoms with Crippen LogP contribution in [-0.2, 0) is 4.74 Å². The molecule has 0 atom stereocenters. The maximum Gasteiger partial charge on any atom is 0.412 e. The Morgan fingerprint density at radius 3 is 2.09 bits per heavy atom. The number of ether oxygens (including phenoxy) is 1. The van der Waals surface area contributed by atoms with Gasteiger partial charge >= 0.3 is 17.5 Å². The number of nitro benzene ring substituents is 3. The van der Waals surface area contributed by atoms with Crippen molar-refractivity contribution in [3.05, 3.63) is 42.0 Å². The summed E-state index contributed by atoms with van der Waals surface area (Å²) in [7, 11) is 0. The normalized spacial score (nSPS) is 9.91. The van der Waals surface area contributed by atoms with Gasteiger partial charge in [0.25, 0.3) is 5.69 Å². The van der Waals surface area contributed by atoms with E-state index in [0.29, 0.717) is 6.07 Å². The number of carbonyl (C=O) groups excluding carboxylic acids is 1. The minimum Gasteiger partial charge on any atom is -0.450 e. The zero-order chi connectivity index (χ0) is 17.0. The molecule has 0 unspecified atom stereocenters. The summed E-state index contributed by atoms with van der Waals surface area (Å²) in [5.74, 6) is 0. The molecule has 0 radical (unpaired) electrons. The third-order valence-corrected chi connectivity index (χ3v) is 2.58. The summed E-state index contributed by atoms with van der Waals surface area (Å²) >= 11 is 0. The number of anilines is 1. The lowest BCUT2D eigenvalue weighted by molar-refractivity contribution is -0.402. The van der Waals surface area contributed by atoms with Gasteiger partial charge in [-0.15, -0.1) is 0 Å². The zero-order valence-electron chi connectivity index (χ0n) is 11.4. The Morgan fingerprint density at radius 1 is 1.14 bits per heavy atom. The topological polar surface area (TPSA) is 168 Å². The molecule has 12 nitrogen and oxygen atoms in total. The average molecular weight is 314 g/mol. The summed E-state index contributed by atoms with van der Waals surface area (Å²) in [6.45, 7) is 2.44. The van der Waals surface area contributed by atoms with Crippen molar-refractivity contribution in [1.82, 2.24) is 0 Å². The number of rotatable bonds is 5. The summed E-state index contributed by atoms with van der Waals surface area (Å²) in [5, 5.41) is 34.8. The van der Waals surface area contributed by atoms with Crippen LogP contribution in [0, 0.1) is 37.3 Å². The molecule has 0 fully saturated rings. The first-order valence-electron chi connectivity index (χ1n) is 5.75. The largest absolute Gasteiger partial charge is 0.450 e.